The molecule has 0 spiro atoms. The zero-order valence-electron chi connectivity index (χ0n) is 45.1. The molecule has 0 aliphatic heterocycles. The van der Waals surface area contributed by atoms with Crippen LogP contribution in [0.3, 0.4) is 0 Å². The number of ether oxygens (including phenoxy) is 1. The highest BCUT2D eigenvalue weighted by atomic mass is 16.5. The normalized spacial score (nSPS) is 11.5. The number of methoxy groups -OCH3 is 1. The van der Waals surface area contributed by atoms with E-state index in [1.165, 1.54) is 11.1 Å². The summed E-state index contributed by atoms with van der Waals surface area (Å²) in [4.78, 5) is 28.1. The molecule has 0 atom stereocenters. The van der Waals surface area contributed by atoms with Crippen LogP contribution in [0.25, 0.3) is 0 Å². The van der Waals surface area contributed by atoms with Gasteiger partial charge in [0.15, 0.2) is 0 Å². The summed E-state index contributed by atoms with van der Waals surface area (Å²) in [5.74, 6) is 3.09. The minimum absolute atomic E-state index is 0.0462. The van der Waals surface area contributed by atoms with Crippen molar-refractivity contribution >= 4 is 29.2 Å². The molecule has 0 amide bonds. The molecule has 0 saturated heterocycles. The Kier molecular flexibility index (Phi) is 22.5. The summed E-state index contributed by atoms with van der Waals surface area (Å²) in [6.07, 6.45) is 14.0. The number of anilines is 5. The minimum Gasteiger partial charge on any atom is -0.495 e. The Hall–Kier alpha value is -6.55. The van der Waals surface area contributed by atoms with Gasteiger partial charge in [-0.05, 0) is 74.2 Å². The lowest BCUT2D eigenvalue weighted by molar-refractivity contribution is 0.282. The fourth-order valence-electron chi connectivity index (χ4n) is 5.04. The first kappa shape index (κ1) is 60.5. The second kappa shape index (κ2) is 25.7. The van der Waals surface area contributed by atoms with Crippen molar-refractivity contribution in [1.29, 1.82) is 0 Å². The SMILES string of the molecule is CC(C)(C)c1ccc(N)nc1.CC(C)(C)c1ccc(N)nn1.CC(C)(C)c1cnc(N)c(CO)c1.CC(C)(C)c1cnc(N)cn1.CC(C)(C)c1cnc(N)nc1.COc1cncc(C(C)(C)C)c1. The van der Waals surface area contributed by atoms with Crippen LogP contribution < -0.4 is 33.4 Å². The van der Waals surface area contributed by atoms with Crippen molar-refractivity contribution in [2.75, 3.05) is 35.8 Å². The summed E-state index contributed by atoms with van der Waals surface area (Å²) in [6, 6.07) is 11.5. The average molecular weight is 949 g/mol. The number of nitrogens with zero attached hydrogens (tertiary/aromatic N) is 9. The van der Waals surface area contributed by atoms with E-state index in [1.54, 1.807) is 50.4 Å². The third kappa shape index (κ3) is 23.3. The number of aliphatic hydroxyl groups is 1. The summed E-state index contributed by atoms with van der Waals surface area (Å²) in [5, 5.41) is 16.7. The number of aliphatic hydroxyl groups excluding tert-OH is 1. The van der Waals surface area contributed by atoms with E-state index in [1.807, 2.05) is 42.7 Å². The van der Waals surface area contributed by atoms with Gasteiger partial charge in [0, 0.05) is 47.4 Å². The van der Waals surface area contributed by atoms with Crippen molar-refractivity contribution in [3.8, 4) is 5.75 Å². The lowest BCUT2D eigenvalue weighted by Crippen LogP contribution is -2.14. The van der Waals surface area contributed by atoms with E-state index in [-0.39, 0.29) is 39.1 Å². The highest BCUT2D eigenvalue weighted by Crippen LogP contribution is 2.26. The molecule has 6 aromatic heterocycles. The number of nitrogen functional groups attached to an aromatic ring is 5. The van der Waals surface area contributed by atoms with Gasteiger partial charge in [-0.3, -0.25) is 9.97 Å². The van der Waals surface area contributed by atoms with Crippen molar-refractivity contribution in [1.82, 2.24) is 45.1 Å². The highest BCUT2D eigenvalue weighted by Gasteiger charge is 2.18. The van der Waals surface area contributed by atoms with E-state index < -0.39 is 0 Å². The molecule has 6 rings (SSSR count). The third-order valence-corrected chi connectivity index (χ3v) is 9.94. The summed E-state index contributed by atoms with van der Waals surface area (Å²) >= 11 is 0. The quantitative estimate of drug-likeness (QED) is 0.0942. The fraction of sp³-hybridized carbons (Fsp3) is 0.491. The van der Waals surface area contributed by atoms with Crippen LogP contribution in [-0.4, -0.2) is 57.3 Å². The van der Waals surface area contributed by atoms with Crippen molar-refractivity contribution in [3.05, 3.63) is 125 Å². The van der Waals surface area contributed by atoms with Gasteiger partial charge in [-0.15, -0.1) is 5.10 Å². The first-order chi connectivity index (χ1) is 31.5. The van der Waals surface area contributed by atoms with Crippen LogP contribution in [0.1, 0.15) is 164 Å². The summed E-state index contributed by atoms with van der Waals surface area (Å²) in [6.45, 7) is 38.1. The molecule has 0 bridgehead atoms. The van der Waals surface area contributed by atoms with E-state index in [4.69, 9.17) is 38.5 Å². The maximum atomic E-state index is 8.99. The molecule has 0 fully saturated rings. The predicted octanol–water partition coefficient (Wildman–Crippen LogP) is 9.87. The smallest absolute Gasteiger partial charge is 0.219 e. The predicted molar refractivity (Wildman–Crippen MR) is 286 cm³/mol. The van der Waals surface area contributed by atoms with Gasteiger partial charge in [-0.2, -0.15) is 5.10 Å². The van der Waals surface area contributed by atoms with Gasteiger partial charge < -0.3 is 38.5 Å². The Morgan fingerprint density at radius 1 is 0.420 bits per heavy atom. The van der Waals surface area contributed by atoms with Crippen LogP contribution in [0.5, 0.6) is 5.75 Å². The zero-order valence-corrected chi connectivity index (χ0v) is 45.1. The van der Waals surface area contributed by atoms with Crippen LogP contribution in [-0.2, 0) is 39.1 Å². The van der Waals surface area contributed by atoms with Gasteiger partial charge in [-0.25, -0.2) is 24.9 Å². The molecular formula is C53H84N14O2. The Morgan fingerprint density at radius 2 is 0.899 bits per heavy atom. The molecular weight excluding hydrogens is 865 g/mol. The highest BCUT2D eigenvalue weighted by molar-refractivity contribution is 5.42. The van der Waals surface area contributed by atoms with Gasteiger partial charge >= 0.3 is 0 Å². The monoisotopic (exact) mass is 949 g/mol. The molecule has 6 aromatic rings. The summed E-state index contributed by atoms with van der Waals surface area (Å²) in [5.41, 5.74) is 35.0. The third-order valence-electron chi connectivity index (χ3n) is 9.94. The Labute approximate surface area is 413 Å². The Morgan fingerprint density at radius 3 is 1.30 bits per heavy atom. The molecule has 0 radical (unpaired) electrons. The molecule has 0 unspecified atom stereocenters. The molecule has 11 N–H and O–H groups in total. The van der Waals surface area contributed by atoms with Gasteiger partial charge in [0.2, 0.25) is 5.95 Å². The summed E-state index contributed by atoms with van der Waals surface area (Å²) in [7, 11) is 1.66. The lowest BCUT2D eigenvalue weighted by Gasteiger charge is -2.19. The van der Waals surface area contributed by atoms with Crippen LogP contribution in [0.4, 0.5) is 29.2 Å². The fourth-order valence-corrected chi connectivity index (χ4v) is 5.04. The maximum Gasteiger partial charge on any atom is 0.219 e. The van der Waals surface area contributed by atoms with Crippen molar-refractivity contribution in [3.63, 3.8) is 0 Å². The van der Waals surface area contributed by atoms with Gasteiger partial charge in [0.1, 0.15) is 29.0 Å². The minimum atomic E-state index is -0.0528. The van der Waals surface area contributed by atoms with Crippen molar-refractivity contribution < 1.29 is 9.84 Å². The zero-order chi connectivity index (χ0) is 53.2. The first-order valence-electron chi connectivity index (χ1n) is 22.8. The molecule has 0 aromatic carbocycles. The van der Waals surface area contributed by atoms with Crippen LogP contribution in [0.15, 0.2) is 86.0 Å². The number of rotatable bonds is 2. The lowest BCUT2D eigenvalue weighted by atomic mass is 9.87. The maximum absolute atomic E-state index is 8.99. The van der Waals surface area contributed by atoms with E-state index >= 15 is 0 Å². The molecule has 69 heavy (non-hydrogen) atoms. The van der Waals surface area contributed by atoms with Crippen LogP contribution in [0, 0.1) is 0 Å². The molecule has 0 aliphatic carbocycles. The number of pyridine rings is 3. The Bertz CT molecular complexity index is 2160. The van der Waals surface area contributed by atoms with Gasteiger partial charge in [-0.1, -0.05) is 131 Å². The van der Waals surface area contributed by atoms with Gasteiger partial charge in [0.05, 0.1) is 43.7 Å². The molecule has 16 nitrogen and oxygen atoms in total. The molecule has 6 heterocycles. The number of hydrogen-bond donors (Lipinski definition) is 6. The topological polar surface area (TPSA) is 276 Å². The second-order valence-corrected chi connectivity index (χ2v) is 22.5. The van der Waals surface area contributed by atoms with Gasteiger partial charge in [0.25, 0.3) is 0 Å². The van der Waals surface area contributed by atoms with E-state index in [2.05, 4.69) is 170 Å². The molecule has 378 valence electrons. The molecule has 0 saturated carbocycles. The largest absolute Gasteiger partial charge is 0.495 e. The van der Waals surface area contributed by atoms with Crippen molar-refractivity contribution in [2.24, 2.45) is 0 Å². The average Bonchev–Trinajstić information content (AvgIpc) is 3.24. The molecule has 0 aliphatic rings. The van der Waals surface area contributed by atoms with Crippen LogP contribution in [0.2, 0.25) is 0 Å². The number of nitrogens with two attached hydrogens (primary N) is 5. The van der Waals surface area contributed by atoms with Crippen molar-refractivity contribution in [2.45, 2.75) is 164 Å². The van der Waals surface area contributed by atoms with E-state index in [0.717, 1.165) is 28.3 Å². The number of aromatic nitrogens is 9. The first-order valence-corrected chi connectivity index (χ1v) is 22.8. The number of hydrogen-bond acceptors (Lipinski definition) is 16. The second-order valence-electron chi connectivity index (χ2n) is 22.5. The Balaban J connectivity index is 0.000000414. The standard InChI is InChI=1S/C10H16N2O.C10H15NO.C9H14N2.3C8H13N3/c1-10(2,3)8-4-7(6-13)9(11)12-5-8;1-10(2,3)8-5-9(12-4)7-11-6-8;1-9(2,3)7-4-5-8(10)11-6-7;1-8(2,3)6-4-11-7(9)5-10-6;1-8(2,3)6-4-10-7(9)11-5-6;1-8(2,3)6-4-5-7(9)11-10-6/h4-5,13H,6H2,1-3H3,(H2,11,12);5-7H,1-4H3;4-6H,1-3H3,(H2,10,11);4-5H,1-3H3,(H2,9,11);4-5H,1-3H3,(H2,9,10,11);4-5H,1-3H3,(H2,9,11). The van der Waals surface area contributed by atoms with E-state index in [9.17, 15) is 0 Å². The van der Waals surface area contributed by atoms with Crippen LogP contribution >= 0.6 is 0 Å². The van der Waals surface area contributed by atoms with E-state index in [0.29, 0.717) is 34.8 Å². The summed E-state index contributed by atoms with van der Waals surface area (Å²) < 4.78 is 5.09. The molecule has 16 heteroatoms.